The van der Waals surface area contributed by atoms with Crippen molar-refractivity contribution in [3.63, 3.8) is 0 Å². The Balaban J connectivity index is 1.82. The van der Waals surface area contributed by atoms with Crippen LogP contribution in [0, 0.1) is 0 Å². The molecule has 0 aromatic heterocycles. The van der Waals surface area contributed by atoms with Crippen LogP contribution in [-0.4, -0.2) is 30.0 Å². The fraction of sp³-hybridized carbons (Fsp3) is 0.391. The van der Waals surface area contributed by atoms with Crippen LogP contribution in [0.4, 0.5) is 11.4 Å². The van der Waals surface area contributed by atoms with E-state index in [1.165, 1.54) is 0 Å². The zero-order valence-electron chi connectivity index (χ0n) is 17.8. The van der Waals surface area contributed by atoms with E-state index in [2.05, 4.69) is 22.9 Å². The summed E-state index contributed by atoms with van der Waals surface area (Å²) in [5, 5.41) is 8.80. The van der Waals surface area contributed by atoms with Crippen LogP contribution in [0.2, 0.25) is 0 Å². The number of carbonyl (C=O) groups is 2. The molecule has 2 aromatic rings. The van der Waals surface area contributed by atoms with E-state index in [0.29, 0.717) is 11.3 Å². The summed E-state index contributed by atoms with van der Waals surface area (Å²) in [4.78, 5) is 24.3. The molecule has 0 saturated carbocycles. The van der Waals surface area contributed by atoms with Crippen LogP contribution >= 0.6 is 0 Å². The quantitative estimate of drug-likeness (QED) is 0.615. The molecule has 2 rings (SSSR count). The zero-order chi connectivity index (χ0) is 21.4. The van der Waals surface area contributed by atoms with Crippen molar-refractivity contribution < 1.29 is 14.3 Å². The van der Waals surface area contributed by atoms with Crippen molar-refractivity contribution in [1.29, 1.82) is 0 Å². The van der Waals surface area contributed by atoms with E-state index in [4.69, 9.17) is 4.74 Å². The molecule has 0 aliphatic rings. The molecule has 0 aliphatic carbocycles. The molecule has 0 fully saturated rings. The lowest BCUT2D eigenvalue weighted by Crippen LogP contribution is -2.40. The molecule has 1 unspecified atom stereocenters. The summed E-state index contributed by atoms with van der Waals surface area (Å²) < 4.78 is 5.74. The van der Waals surface area contributed by atoms with Gasteiger partial charge >= 0.3 is 0 Å². The molecule has 0 radical (unpaired) electrons. The lowest BCUT2D eigenvalue weighted by atomic mass is 10.1. The Morgan fingerprint density at radius 3 is 2.10 bits per heavy atom. The van der Waals surface area contributed by atoms with Gasteiger partial charge in [0.05, 0.1) is 12.6 Å². The van der Waals surface area contributed by atoms with Gasteiger partial charge in [0.2, 0.25) is 5.91 Å². The van der Waals surface area contributed by atoms with Crippen molar-refractivity contribution in [2.24, 2.45) is 0 Å². The van der Waals surface area contributed by atoms with Crippen molar-refractivity contribution in [1.82, 2.24) is 5.32 Å². The maximum absolute atomic E-state index is 12.2. The lowest BCUT2D eigenvalue weighted by Gasteiger charge is -2.20. The van der Waals surface area contributed by atoms with Gasteiger partial charge in [0.25, 0.3) is 5.91 Å². The highest BCUT2D eigenvalue weighted by Crippen LogP contribution is 2.17. The van der Waals surface area contributed by atoms with Crippen LogP contribution in [0.15, 0.2) is 48.5 Å². The summed E-state index contributed by atoms with van der Waals surface area (Å²) in [6, 6.07) is 14.4. The minimum absolute atomic E-state index is 0.137. The maximum atomic E-state index is 12.2. The molecule has 156 valence electrons. The second-order valence-electron chi connectivity index (χ2n) is 8.04. The van der Waals surface area contributed by atoms with Crippen molar-refractivity contribution in [2.45, 2.75) is 52.7 Å². The molecule has 0 heterocycles. The van der Waals surface area contributed by atoms with Gasteiger partial charge in [0.15, 0.2) is 0 Å². The third-order valence-corrected chi connectivity index (χ3v) is 4.14. The van der Waals surface area contributed by atoms with E-state index < -0.39 is 0 Å². The molecule has 1 atom stereocenters. The average molecular weight is 398 g/mol. The number of nitrogens with one attached hydrogen (secondary N) is 3. The molecule has 2 aromatic carbocycles. The normalized spacial score (nSPS) is 12.0. The Labute approximate surface area is 173 Å². The SMILES string of the molecule is CCC(C)Oc1ccc(NCC(=O)Nc2ccc(C(=O)NC(C)(C)C)cc2)cc1. The van der Waals surface area contributed by atoms with E-state index in [-0.39, 0.29) is 30.0 Å². The number of hydrogen-bond acceptors (Lipinski definition) is 4. The molecule has 0 aliphatic heterocycles. The number of ether oxygens (including phenoxy) is 1. The fourth-order valence-corrected chi connectivity index (χ4v) is 2.47. The molecule has 6 nitrogen and oxygen atoms in total. The Morgan fingerprint density at radius 2 is 1.55 bits per heavy atom. The first-order valence-electron chi connectivity index (χ1n) is 9.89. The third-order valence-electron chi connectivity index (χ3n) is 4.14. The fourth-order valence-electron chi connectivity index (χ4n) is 2.47. The second-order valence-corrected chi connectivity index (χ2v) is 8.04. The van der Waals surface area contributed by atoms with E-state index in [0.717, 1.165) is 17.9 Å². The Bertz CT molecular complexity index is 809. The van der Waals surface area contributed by atoms with Gasteiger partial charge in [-0.1, -0.05) is 6.92 Å². The van der Waals surface area contributed by atoms with Gasteiger partial charge in [-0.3, -0.25) is 9.59 Å². The van der Waals surface area contributed by atoms with Gasteiger partial charge in [-0.15, -0.1) is 0 Å². The van der Waals surface area contributed by atoms with Crippen molar-refractivity contribution in [3.8, 4) is 5.75 Å². The summed E-state index contributed by atoms with van der Waals surface area (Å²) in [5.41, 5.74) is 1.73. The lowest BCUT2D eigenvalue weighted by molar-refractivity contribution is -0.114. The van der Waals surface area contributed by atoms with Gasteiger partial charge in [-0.05, 0) is 82.6 Å². The molecule has 6 heteroatoms. The monoisotopic (exact) mass is 397 g/mol. The number of rotatable bonds is 8. The highest BCUT2D eigenvalue weighted by Gasteiger charge is 2.15. The largest absolute Gasteiger partial charge is 0.491 e. The number of benzene rings is 2. The third kappa shape index (κ3) is 7.86. The molecule has 2 amide bonds. The standard InChI is InChI=1S/C23H31N3O3/c1-6-16(2)29-20-13-11-18(12-14-20)24-15-21(27)25-19-9-7-17(8-10-19)22(28)26-23(3,4)5/h7-14,16,24H,6,15H2,1-5H3,(H,25,27)(H,26,28). The predicted octanol–water partition coefficient (Wildman–Crippen LogP) is 4.44. The average Bonchev–Trinajstić information content (AvgIpc) is 2.66. The van der Waals surface area contributed by atoms with Crippen molar-refractivity contribution >= 4 is 23.2 Å². The van der Waals surface area contributed by atoms with Crippen LogP contribution in [0.25, 0.3) is 0 Å². The Hall–Kier alpha value is -3.02. The summed E-state index contributed by atoms with van der Waals surface area (Å²) >= 11 is 0. The van der Waals surface area contributed by atoms with E-state index in [1.54, 1.807) is 24.3 Å². The first-order chi connectivity index (χ1) is 13.7. The molecule has 0 spiro atoms. The minimum atomic E-state index is -0.297. The van der Waals surface area contributed by atoms with Gasteiger partial charge in [0, 0.05) is 22.5 Å². The van der Waals surface area contributed by atoms with Crippen LogP contribution in [0.1, 0.15) is 51.4 Å². The minimum Gasteiger partial charge on any atom is -0.491 e. The van der Waals surface area contributed by atoms with Gasteiger partial charge in [-0.2, -0.15) is 0 Å². The highest BCUT2D eigenvalue weighted by atomic mass is 16.5. The smallest absolute Gasteiger partial charge is 0.251 e. The molecule has 0 saturated heterocycles. The summed E-state index contributed by atoms with van der Waals surface area (Å²) in [5.74, 6) is 0.500. The number of amides is 2. The van der Waals surface area contributed by atoms with E-state index >= 15 is 0 Å². The second kappa shape index (κ2) is 9.96. The van der Waals surface area contributed by atoms with Crippen molar-refractivity contribution in [3.05, 3.63) is 54.1 Å². The summed E-state index contributed by atoms with van der Waals surface area (Å²) in [6.07, 6.45) is 1.12. The van der Waals surface area contributed by atoms with Gasteiger partial charge < -0.3 is 20.7 Å². The summed E-state index contributed by atoms with van der Waals surface area (Å²) in [6.45, 7) is 10.0. The van der Waals surface area contributed by atoms with Gasteiger partial charge in [0.1, 0.15) is 5.75 Å². The van der Waals surface area contributed by atoms with Gasteiger partial charge in [-0.25, -0.2) is 0 Å². The first kappa shape index (κ1) is 22.3. The topological polar surface area (TPSA) is 79.5 Å². The Morgan fingerprint density at radius 1 is 0.966 bits per heavy atom. The predicted molar refractivity (Wildman–Crippen MR) is 118 cm³/mol. The van der Waals surface area contributed by atoms with Crippen LogP contribution in [0.3, 0.4) is 0 Å². The van der Waals surface area contributed by atoms with Crippen LogP contribution < -0.4 is 20.7 Å². The number of hydrogen-bond donors (Lipinski definition) is 3. The van der Waals surface area contributed by atoms with E-state index in [1.807, 2.05) is 52.0 Å². The van der Waals surface area contributed by atoms with Crippen molar-refractivity contribution in [2.75, 3.05) is 17.2 Å². The number of anilines is 2. The molecule has 3 N–H and O–H groups in total. The highest BCUT2D eigenvalue weighted by molar-refractivity contribution is 5.96. The molecular weight excluding hydrogens is 366 g/mol. The van der Waals surface area contributed by atoms with Crippen LogP contribution in [0.5, 0.6) is 5.75 Å². The summed E-state index contributed by atoms with van der Waals surface area (Å²) in [7, 11) is 0. The molecule has 0 bridgehead atoms. The first-order valence-corrected chi connectivity index (χ1v) is 9.89. The molecular formula is C23H31N3O3. The Kier molecular flexibility index (Phi) is 7.65. The maximum Gasteiger partial charge on any atom is 0.251 e. The molecule has 29 heavy (non-hydrogen) atoms. The van der Waals surface area contributed by atoms with E-state index in [9.17, 15) is 9.59 Å². The number of carbonyl (C=O) groups excluding carboxylic acids is 2. The zero-order valence-corrected chi connectivity index (χ0v) is 17.8. The van der Waals surface area contributed by atoms with Crippen LogP contribution in [-0.2, 0) is 4.79 Å².